The summed E-state index contributed by atoms with van der Waals surface area (Å²) in [6, 6.07) is 1.69. The average Bonchev–Trinajstić information content (AvgIpc) is 2.97. The van der Waals surface area contributed by atoms with Crippen LogP contribution in [0.15, 0.2) is 6.07 Å². The molecule has 3 rings (SSSR count). The number of carbonyl (C=O) groups is 3. The zero-order chi connectivity index (χ0) is 19.6. The van der Waals surface area contributed by atoms with Crippen LogP contribution in [0.3, 0.4) is 0 Å². The maximum atomic E-state index is 13.0. The van der Waals surface area contributed by atoms with E-state index < -0.39 is 0 Å². The zero-order valence-electron chi connectivity index (χ0n) is 16.4. The van der Waals surface area contributed by atoms with E-state index in [-0.39, 0.29) is 29.7 Å². The second-order valence-corrected chi connectivity index (χ2v) is 7.55. The molecule has 1 aliphatic heterocycles. The van der Waals surface area contributed by atoms with Crippen LogP contribution in [0.1, 0.15) is 48.8 Å². The molecule has 1 saturated heterocycles. The van der Waals surface area contributed by atoms with E-state index >= 15 is 0 Å². The molecular weight excluding hydrogens is 346 g/mol. The Balaban J connectivity index is 1.82. The monoisotopic (exact) mass is 375 g/mol. The van der Waals surface area contributed by atoms with Crippen LogP contribution in [0.5, 0.6) is 0 Å². The predicted molar refractivity (Wildman–Crippen MR) is 100.0 cm³/mol. The highest BCUT2D eigenvalue weighted by Gasteiger charge is 2.37. The summed E-state index contributed by atoms with van der Waals surface area (Å²) in [6.07, 6.45) is 3.70. The van der Waals surface area contributed by atoms with Crippen LogP contribution < -0.4 is 5.32 Å². The van der Waals surface area contributed by atoms with E-state index in [1.165, 1.54) is 0 Å². The van der Waals surface area contributed by atoms with Crippen molar-refractivity contribution in [1.82, 2.24) is 24.9 Å². The molecule has 148 valence electrons. The zero-order valence-corrected chi connectivity index (χ0v) is 16.4. The summed E-state index contributed by atoms with van der Waals surface area (Å²) in [7, 11) is 1.75. The molecule has 0 spiro atoms. The van der Waals surface area contributed by atoms with E-state index in [9.17, 15) is 14.4 Å². The van der Waals surface area contributed by atoms with Crippen molar-refractivity contribution in [1.29, 1.82) is 0 Å². The molecule has 1 saturated carbocycles. The Morgan fingerprint density at radius 2 is 1.93 bits per heavy atom. The van der Waals surface area contributed by atoms with E-state index in [1.807, 2.05) is 6.92 Å². The van der Waals surface area contributed by atoms with Gasteiger partial charge in [-0.25, -0.2) is 0 Å². The first-order valence-corrected chi connectivity index (χ1v) is 9.73. The molecule has 0 radical (unpaired) electrons. The van der Waals surface area contributed by atoms with Crippen molar-refractivity contribution in [3.63, 3.8) is 0 Å². The minimum atomic E-state index is -0.148. The quantitative estimate of drug-likeness (QED) is 0.783. The maximum absolute atomic E-state index is 13.0. The minimum absolute atomic E-state index is 0.00312. The Hall–Kier alpha value is -2.38. The van der Waals surface area contributed by atoms with Crippen molar-refractivity contribution in [2.75, 3.05) is 26.2 Å². The Bertz CT molecular complexity index is 729. The second kappa shape index (κ2) is 8.10. The summed E-state index contributed by atoms with van der Waals surface area (Å²) < 4.78 is 1.58. The van der Waals surface area contributed by atoms with Crippen LogP contribution in [0.4, 0.5) is 0 Å². The average molecular weight is 375 g/mol. The van der Waals surface area contributed by atoms with Crippen molar-refractivity contribution >= 4 is 17.7 Å². The summed E-state index contributed by atoms with van der Waals surface area (Å²) >= 11 is 0. The van der Waals surface area contributed by atoms with Gasteiger partial charge in [-0.3, -0.25) is 19.1 Å². The van der Waals surface area contributed by atoms with Gasteiger partial charge in [0.25, 0.3) is 5.91 Å². The van der Waals surface area contributed by atoms with Crippen LogP contribution in [-0.2, 0) is 16.6 Å². The van der Waals surface area contributed by atoms with Gasteiger partial charge in [-0.15, -0.1) is 0 Å². The highest BCUT2D eigenvalue weighted by molar-refractivity contribution is 5.93. The first-order valence-electron chi connectivity index (χ1n) is 9.73. The van der Waals surface area contributed by atoms with Gasteiger partial charge in [0.05, 0.1) is 11.6 Å². The smallest absolute Gasteiger partial charge is 0.272 e. The third kappa shape index (κ3) is 4.14. The van der Waals surface area contributed by atoms with Gasteiger partial charge in [0.2, 0.25) is 11.8 Å². The van der Waals surface area contributed by atoms with Crippen molar-refractivity contribution < 1.29 is 14.4 Å². The number of nitrogens with zero attached hydrogens (tertiary/aromatic N) is 4. The number of rotatable bonds is 1. The van der Waals surface area contributed by atoms with E-state index in [4.69, 9.17) is 0 Å². The molecule has 0 aromatic carbocycles. The van der Waals surface area contributed by atoms with Gasteiger partial charge in [0.15, 0.2) is 0 Å². The molecule has 1 aromatic rings. The van der Waals surface area contributed by atoms with Gasteiger partial charge < -0.3 is 15.1 Å². The van der Waals surface area contributed by atoms with Crippen LogP contribution in [-0.4, -0.2) is 69.5 Å². The molecule has 8 heteroatoms. The standard InChI is InChI=1S/C19H29N5O3/c1-13-12-17(22(3)21-13)19(27)23-9-8-20-18(26)15-6-4-5-7-16(15)24(11-10-23)14(2)25/h12,15-16H,4-11H2,1-3H3,(H,20,26)/t15-,16+/m0/s1. The molecular formula is C19H29N5O3. The van der Waals surface area contributed by atoms with Crippen LogP contribution in [0, 0.1) is 12.8 Å². The SMILES string of the molecule is CC(=O)N1CCN(C(=O)c2cc(C)nn2C)CCNC(=O)[C@H]2CCCC[C@H]21. The van der Waals surface area contributed by atoms with Gasteiger partial charge in [-0.1, -0.05) is 12.8 Å². The molecule has 1 aliphatic carbocycles. The first-order chi connectivity index (χ1) is 12.9. The fourth-order valence-corrected chi connectivity index (χ4v) is 4.31. The third-order valence-electron chi connectivity index (χ3n) is 5.67. The fraction of sp³-hybridized carbons (Fsp3) is 0.684. The molecule has 0 unspecified atom stereocenters. The number of aryl methyl sites for hydroxylation is 2. The number of carbonyl (C=O) groups excluding carboxylic acids is 3. The van der Waals surface area contributed by atoms with E-state index in [2.05, 4.69) is 10.4 Å². The lowest BCUT2D eigenvalue weighted by Gasteiger charge is -2.40. The van der Waals surface area contributed by atoms with Gasteiger partial charge in [0.1, 0.15) is 5.69 Å². The molecule has 8 nitrogen and oxygen atoms in total. The molecule has 2 fully saturated rings. The number of hydrogen-bond donors (Lipinski definition) is 1. The largest absolute Gasteiger partial charge is 0.354 e. The minimum Gasteiger partial charge on any atom is -0.354 e. The normalized spacial score (nSPS) is 24.2. The van der Waals surface area contributed by atoms with Gasteiger partial charge in [-0.05, 0) is 25.8 Å². The predicted octanol–water partition coefficient (Wildman–Crippen LogP) is 0.708. The van der Waals surface area contributed by atoms with Crippen LogP contribution in [0.2, 0.25) is 0 Å². The van der Waals surface area contributed by atoms with Gasteiger partial charge in [0, 0.05) is 46.2 Å². The van der Waals surface area contributed by atoms with Crippen molar-refractivity contribution in [3.8, 4) is 0 Å². The van der Waals surface area contributed by atoms with E-state index in [0.717, 1.165) is 31.4 Å². The van der Waals surface area contributed by atoms with Gasteiger partial charge in [-0.2, -0.15) is 5.10 Å². The highest BCUT2D eigenvalue weighted by Crippen LogP contribution is 2.29. The maximum Gasteiger partial charge on any atom is 0.272 e. The Labute approximate surface area is 159 Å². The van der Waals surface area contributed by atoms with Gasteiger partial charge >= 0.3 is 0 Å². The molecule has 2 heterocycles. The lowest BCUT2D eigenvalue weighted by molar-refractivity contribution is -0.137. The van der Waals surface area contributed by atoms with E-state index in [1.54, 1.807) is 34.5 Å². The number of hydrogen-bond acceptors (Lipinski definition) is 4. The lowest BCUT2D eigenvalue weighted by atomic mass is 9.82. The topological polar surface area (TPSA) is 87.5 Å². The summed E-state index contributed by atoms with van der Waals surface area (Å²) in [5.74, 6) is -0.318. The van der Waals surface area contributed by atoms with Crippen molar-refractivity contribution in [3.05, 3.63) is 17.5 Å². The Morgan fingerprint density at radius 3 is 2.59 bits per heavy atom. The van der Waals surface area contributed by atoms with Crippen molar-refractivity contribution in [2.45, 2.75) is 45.6 Å². The molecule has 2 atom stereocenters. The van der Waals surface area contributed by atoms with Crippen LogP contribution >= 0.6 is 0 Å². The number of fused-ring (bicyclic) bond motifs is 1. The molecule has 1 N–H and O–H groups in total. The Kier molecular flexibility index (Phi) is 5.82. The number of nitrogens with one attached hydrogen (secondary N) is 1. The fourth-order valence-electron chi connectivity index (χ4n) is 4.31. The molecule has 1 aromatic heterocycles. The van der Waals surface area contributed by atoms with Crippen molar-refractivity contribution in [2.24, 2.45) is 13.0 Å². The lowest BCUT2D eigenvalue weighted by Crippen LogP contribution is -2.55. The summed E-state index contributed by atoms with van der Waals surface area (Å²) in [5.41, 5.74) is 1.30. The molecule has 27 heavy (non-hydrogen) atoms. The highest BCUT2D eigenvalue weighted by atomic mass is 16.2. The first kappa shape index (κ1) is 19.4. The summed E-state index contributed by atoms with van der Waals surface area (Å²) in [5, 5.41) is 7.22. The summed E-state index contributed by atoms with van der Waals surface area (Å²) in [6.45, 7) is 5.13. The number of amides is 3. The summed E-state index contributed by atoms with van der Waals surface area (Å²) in [4.78, 5) is 41.5. The Morgan fingerprint density at radius 1 is 1.19 bits per heavy atom. The molecule has 0 bridgehead atoms. The molecule has 3 amide bonds. The molecule has 2 aliphatic rings. The van der Waals surface area contributed by atoms with E-state index in [0.29, 0.717) is 31.9 Å². The third-order valence-corrected chi connectivity index (χ3v) is 5.67. The van der Waals surface area contributed by atoms with Crippen LogP contribution in [0.25, 0.3) is 0 Å². The second-order valence-electron chi connectivity index (χ2n) is 7.55. The number of aromatic nitrogens is 2.